The van der Waals surface area contributed by atoms with E-state index in [9.17, 15) is 13.5 Å². The molecule has 0 unspecified atom stereocenters. The van der Waals surface area contributed by atoms with E-state index < -0.39 is 10.2 Å². The zero-order chi connectivity index (χ0) is 13.9. The van der Waals surface area contributed by atoms with Crippen LogP contribution in [0.1, 0.15) is 18.1 Å². The molecule has 1 heterocycles. The summed E-state index contributed by atoms with van der Waals surface area (Å²) in [5.74, 6) is -0.358. The summed E-state index contributed by atoms with van der Waals surface area (Å²) in [5, 5.41) is 12.4. The number of rotatable bonds is 5. The molecule has 1 aromatic rings. The first-order chi connectivity index (χ1) is 9.01. The van der Waals surface area contributed by atoms with E-state index in [1.54, 1.807) is 0 Å². The second-order valence-corrected chi connectivity index (χ2v) is 5.89. The number of aliphatic hydroxyl groups is 1. The Balaban J connectivity index is 2.04. The van der Waals surface area contributed by atoms with E-state index in [-0.39, 0.29) is 12.4 Å². The first-order valence-corrected chi connectivity index (χ1v) is 7.44. The highest BCUT2D eigenvalue weighted by Crippen LogP contribution is 2.15. The van der Waals surface area contributed by atoms with Crippen molar-refractivity contribution in [1.82, 2.24) is 14.3 Å². The van der Waals surface area contributed by atoms with Crippen molar-refractivity contribution in [2.75, 3.05) is 6.54 Å². The van der Waals surface area contributed by atoms with Crippen LogP contribution in [-0.2, 0) is 23.3 Å². The van der Waals surface area contributed by atoms with Crippen LogP contribution in [-0.4, -0.2) is 24.4 Å². The molecule has 104 valence electrons. The predicted molar refractivity (Wildman–Crippen MR) is 72.1 cm³/mol. The van der Waals surface area contributed by atoms with E-state index in [0.29, 0.717) is 0 Å². The van der Waals surface area contributed by atoms with E-state index in [1.165, 1.54) is 6.20 Å². The number of hydrogen-bond donors (Lipinski definition) is 3. The van der Waals surface area contributed by atoms with Crippen LogP contribution in [0.15, 0.2) is 36.3 Å². The molecule has 2 rings (SSSR count). The van der Waals surface area contributed by atoms with Gasteiger partial charge in [0.2, 0.25) is 5.88 Å². The van der Waals surface area contributed by atoms with Crippen LogP contribution in [0.25, 0.3) is 0 Å². The standard InChI is InChI=1S/C12H17N3O3S/c1-2-13-7-10-3-5-11(6-4-10)8-15-9-12(16)14-19(15,17)18/h3-6,9,13-14,16H,2,7-8H2,1H3. The molecule has 3 N–H and O–H groups in total. The first-order valence-electron chi connectivity index (χ1n) is 6.00. The minimum absolute atomic E-state index is 0.195. The lowest BCUT2D eigenvalue weighted by Gasteiger charge is -2.14. The summed E-state index contributed by atoms with van der Waals surface area (Å²) < 4.78 is 26.2. The lowest BCUT2D eigenvalue weighted by molar-refractivity contribution is 0.390. The van der Waals surface area contributed by atoms with Crippen molar-refractivity contribution < 1.29 is 13.5 Å². The normalized spacial score (nSPS) is 17.1. The van der Waals surface area contributed by atoms with E-state index in [4.69, 9.17) is 0 Å². The molecule has 0 spiro atoms. The number of nitrogens with zero attached hydrogens (tertiary/aromatic N) is 1. The molecule has 0 saturated carbocycles. The Morgan fingerprint density at radius 3 is 2.42 bits per heavy atom. The molecule has 0 saturated heterocycles. The second-order valence-electron chi connectivity index (χ2n) is 4.26. The minimum atomic E-state index is -3.63. The summed E-state index contributed by atoms with van der Waals surface area (Å²) in [6.45, 7) is 3.93. The van der Waals surface area contributed by atoms with Gasteiger partial charge in [0.15, 0.2) is 0 Å². The maximum atomic E-state index is 11.6. The molecule has 19 heavy (non-hydrogen) atoms. The van der Waals surface area contributed by atoms with Gasteiger partial charge in [-0.15, -0.1) is 0 Å². The molecule has 0 aliphatic carbocycles. The highest BCUT2D eigenvalue weighted by Gasteiger charge is 2.26. The lowest BCUT2D eigenvalue weighted by atomic mass is 10.1. The van der Waals surface area contributed by atoms with Gasteiger partial charge in [-0.3, -0.25) is 4.31 Å². The zero-order valence-electron chi connectivity index (χ0n) is 10.6. The first kappa shape index (κ1) is 13.7. The Morgan fingerprint density at radius 1 is 1.26 bits per heavy atom. The smallest absolute Gasteiger partial charge is 0.326 e. The Kier molecular flexibility index (Phi) is 3.96. The molecule has 1 aromatic carbocycles. The molecule has 0 bridgehead atoms. The van der Waals surface area contributed by atoms with Crippen LogP contribution in [0, 0.1) is 0 Å². The number of aliphatic hydroxyl groups excluding tert-OH is 1. The number of hydrogen-bond acceptors (Lipinski definition) is 4. The van der Waals surface area contributed by atoms with Crippen LogP contribution in [0.5, 0.6) is 0 Å². The predicted octanol–water partition coefficient (Wildman–Crippen LogP) is 0.803. The molecule has 0 fully saturated rings. The molecule has 7 heteroatoms. The average molecular weight is 283 g/mol. The monoisotopic (exact) mass is 283 g/mol. The molecular weight excluding hydrogens is 266 g/mol. The van der Waals surface area contributed by atoms with Crippen molar-refractivity contribution in [3.8, 4) is 0 Å². The highest BCUT2D eigenvalue weighted by molar-refractivity contribution is 7.87. The third kappa shape index (κ3) is 3.39. The van der Waals surface area contributed by atoms with Gasteiger partial charge in [0.25, 0.3) is 0 Å². The fraction of sp³-hybridized carbons (Fsp3) is 0.333. The van der Waals surface area contributed by atoms with Gasteiger partial charge in [0.05, 0.1) is 12.7 Å². The third-order valence-corrected chi connectivity index (χ3v) is 4.07. The van der Waals surface area contributed by atoms with E-state index >= 15 is 0 Å². The Morgan fingerprint density at radius 2 is 1.89 bits per heavy atom. The maximum absolute atomic E-state index is 11.6. The van der Waals surface area contributed by atoms with Gasteiger partial charge in [-0.25, -0.2) is 4.72 Å². The molecule has 0 radical (unpaired) electrons. The number of benzene rings is 1. The van der Waals surface area contributed by atoms with Gasteiger partial charge >= 0.3 is 10.2 Å². The largest absolute Gasteiger partial charge is 0.493 e. The van der Waals surface area contributed by atoms with Gasteiger partial charge in [0.1, 0.15) is 0 Å². The Hall–Kier alpha value is -1.73. The van der Waals surface area contributed by atoms with Crippen LogP contribution in [0.4, 0.5) is 0 Å². The summed E-state index contributed by atoms with van der Waals surface area (Å²) in [5.41, 5.74) is 2.00. The van der Waals surface area contributed by atoms with Crippen molar-refractivity contribution >= 4 is 10.2 Å². The van der Waals surface area contributed by atoms with Crippen molar-refractivity contribution in [3.05, 3.63) is 47.5 Å². The quantitative estimate of drug-likeness (QED) is 0.746. The molecule has 0 atom stereocenters. The summed E-state index contributed by atoms with van der Waals surface area (Å²) in [6, 6.07) is 7.67. The van der Waals surface area contributed by atoms with Crippen molar-refractivity contribution in [2.45, 2.75) is 20.0 Å². The zero-order valence-corrected chi connectivity index (χ0v) is 11.4. The van der Waals surface area contributed by atoms with Gasteiger partial charge in [0, 0.05) is 6.54 Å². The van der Waals surface area contributed by atoms with Crippen molar-refractivity contribution in [2.24, 2.45) is 0 Å². The molecule has 0 amide bonds. The second kappa shape index (κ2) is 5.50. The highest BCUT2D eigenvalue weighted by atomic mass is 32.2. The molecule has 0 aromatic heterocycles. The van der Waals surface area contributed by atoms with E-state index in [1.807, 2.05) is 35.9 Å². The van der Waals surface area contributed by atoms with Gasteiger partial charge in [-0.1, -0.05) is 31.2 Å². The minimum Gasteiger partial charge on any atom is -0.493 e. The van der Waals surface area contributed by atoms with E-state index in [0.717, 1.165) is 28.5 Å². The number of nitrogens with one attached hydrogen (secondary N) is 2. The van der Waals surface area contributed by atoms with Crippen LogP contribution in [0.2, 0.25) is 0 Å². The van der Waals surface area contributed by atoms with E-state index in [2.05, 4.69) is 5.32 Å². The summed E-state index contributed by atoms with van der Waals surface area (Å²) in [7, 11) is -3.63. The van der Waals surface area contributed by atoms with Crippen molar-refractivity contribution in [3.63, 3.8) is 0 Å². The summed E-state index contributed by atoms with van der Waals surface area (Å²) >= 11 is 0. The van der Waals surface area contributed by atoms with Gasteiger partial charge in [-0.2, -0.15) is 8.42 Å². The van der Waals surface area contributed by atoms with Crippen LogP contribution < -0.4 is 10.0 Å². The fourth-order valence-corrected chi connectivity index (χ4v) is 2.76. The SMILES string of the molecule is CCNCc1ccc(CN2C=C(O)NS2(=O)=O)cc1. The Labute approximate surface area is 112 Å². The van der Waals surface area contributed by atoms with Crippen LogP contribution >= 0.6 is 0 Å². The topological polar surface area (TPSA) is 81.7 Å². The molecule has 1 aliphatic heterocycles. The Bertz CT molecular complexity index is 566. The average Bonchev–Trinajstić information content (AvgIpc) is 2.61. The summed E-state index contributed by atoms with van der Waals surface area (Å²) in [6.07, 6.45) is 1.17. The third-order valence-electron chi connectivity index (χ3n) is 2.75. The molecule has 6 nitrogen and oxygen atoms in total. The lowest BCUT2D eigenvalue weighted by Crippen LogP contribution is -2.29. The molecular formula is C12H17N3O3S. The molecule has 1 aliphatic rings. The van der Waals surface area contributed by atoms with Gasteiger partial charge < -0.3 is 10.4 Å². The fourth-order valence-electron chi connectivity index (χ4n) is 1.77. The van der Waals surface area contributed by atoms with Crippen molar-refractivity contribution in [1.29, 1.82) is 0 Å². The summed E-state index contributed by atoms with van der Waals surface area (Å²) in [4.78, 5) is 0. The van der Waals surface area contributed by atoms with Gasteiger partial charge in [-0.05, 0) is 17.7 Å². The maximum Gasteiger partial charge on any atom is 0.326 e. The van der Waals surface area contributed by atoms with Crippen LogP contribution in [0.3, 0.4) is 0 Å².